The zero-order chi connectivity index (χ0) is 10.6. The fourth-order valence-corrected chi connectivity index (χ4v) is 3.49. The van der Waals surface area contributed by atoms with Gasteiger partial charge in [0.1, 0.15) is 0 Å². The van der Waals surface area contributed by atoms with Gasteiger partial charge in [-0.1, -0.05) is 24.3 Å². The fraction of sp³-hybridized carbons (Fsp3) is 0.600. The van der Waals surface area contributed by atoms with Crippen molar-refractivity contribution in [2.45, 2.75) is 43.6 Å². The summed E-state index contributed by atoms with van der Waals surface area (Å²) < 4.78 is 0. The van der Waals surface area contributed by atoms with E-state index < -0.39 is 0 Å². The Hall–Kier alpha value is -0.820. The van der Waals surface area contributed by atoms with Gasteiger partial charge in [-0.15, -0.1) is 0 Å². The van der Waals surface area contributed by atoms with Crippen LogP contribution < -0.4 is 5.32 Å². The summed E-state index contributed by atoms with van der Waals surface area (Å²) >= 11 is 0. The highest BCUT2D eigenvalue weighted by atomic mass is 15.0. The lowest BCUT2D eigenvalue weighted by Crippen LogP contribution is -2.26. The molecule has 3 aliphatic rings. The van der Waals surface area contributed by atoms with Gasteiger partial charge < -0.3 is 5.32 Å². The van der Waals surface area contributed by atoms with Gasteiger partial charge in [0.2, 0.25) is 0 Å². The highest BCUT2D eigenvalue weighted by Crippen LogP contribution is 2.56. The number of hydrogen-bond donors (Lipinski definition) is 1. The van der Waals surface area contributed by atoms with Crippen molar-refractivity contribution < 1.29 is 0 Å². The Bertz CT molecular complexity index is 421. The van der Waals surface area contributed by atoms with Crippen LogP contribution in [0.3, 0.4) is 0 Å². The normalized spacial score (nSPS) is 35.4. The summed E-state index contributed by atoms with van der Waals surface area (Å²) in [6.45, 7) is 1.27. The first-order chi connectivity index (χ1) is 7.88. The van der Waals surface area contributed by atoms with Crippen molar-refractivity contribution in [3.05, 3.63) is 35.4 Å². The molecule has 0 aliphatic heterocycles. The van der Waals surface area contributed by atoms with Crippen LogP contribution in [-0.4, -0.2) is 12.6 Å². The molecule has 2 atom stereocenters. The Morgan fingerprint density at radius 2 is 2.12 bits per heavy atom. The fourth-order valence-electron chi connectivity index (χ4n) is 3.49. The Labute approximate surface area is 97.2 Å². The summed E-state index contributed by atoms with van der Waals surface area (Å²) in [5, 5.41) is 3.79. The van der Waals surface area contributed by atoms with Crippen LogP contribution in [-0.2, 0) is 11.8 Å². The molecule has 84 valence electrons. The Balaban J connectivity index is 1.52. The van der Waals surface area contributed by atoms with Crippen molar-refractivity contribution in [1.82, 2.24) is 5.32 Å². The van der Waals surface area contributed by atoms with Crippen LogP contribution in [0.2, 0.25) is 0 Å². The highest BCUT2D eigenvalue weighted by molar-refractivity contribution is 5.46. The topological polar surface area (TPSA) is 12.0 Å². The van der Waals surface area contributed by atoms with Gasteiger partial charge in [0.15, 0.2) is 0 Å². The third-order valence-electron chi connectivity index (χ3n) is 4.82. The molecule has 1 aromatic carbocycles. The van der Waals surface area contributed by atoms with Crippen LogP contribution >= 0.6 is 0 Å². The van der Waals surface area contributed by atoms with Crippen LogP contribution in [0, 0.1) is 5.92 Å². The summed E-state index contributed by atoms with van der Waals surface area (Å²) in [7, 11) is 0. The minimum absolute atomic E-state index is 0.547. The summed E-state index contributed by atoms with van der Waals surface area (Å²) in [6.07, 6.45) is 7.00. The Kier molecular flexibility index (Phi) is 1.79. The number of hydrogen-bond acceptors (Lipinski definition) is 1. The average molecular weight is 213 g/mol. The largest absolute Gasteiger partial charge is 0.313 e. The molecule has 16 heavy (non-hydrogen) atoms. The molecule has 2 fully saturated rings. The van der Waals surface area contributed by atoms with Gasteiger partial charge >= 0.3 is 0 Å². The third kappa shape index (κ3) is 1.27. The number of rotatable bonds is 3. The quantitative estimate of drug-likeness (QED) is 0.814. The van der Waals surface area contributed by atoms with Gasteiger partial charge in [-0.2, -0.15) is 0 Å². The first kappa shape index (κ1) is 9.23. The maximum atomic E-state index is 3.79. The predicted molar refractivity (Wildman–Crippen MR) is 65.6 cm³/mol. The molecule has 0 amide bonds. The molecule has 4 rings (SSSR count). The van der Waals surface area contributed by atoms with Gasteiger partial charge in [-0.05, 0) is 55.7 Å². The standard InChI is InChI=1S/C15H19N/c1-2-4-13-12(3-1)7-8-15(13)9-14(15)16-10-11-5-6-11/h1-4,11,14,16H,5-10H2/t14-,15-/m1/s1. The minimum atomic E-state index is 0.547. The zero-order valence-electron chi connectivity index (χ0n) is 9.71. The Morgan fingerprint density at radius 3 is 3.00 bits per heavy atom. The summed E-state index contributed by atoms with van der Waals surface area (Å²) in [5.41, 5.74) is 3.81. The van der Waals surface area contributed by atoms with Crippen LogP contribution in [0.5, 0.6) is 0 Å². The van der Waals surface area contributed by atoms with Gasteiger partial charge in [-0.25, -0.2) is 0 Å². The minimum Gasteiger partial charge on any atom is -0.313 e. The molecule has 2 saturated carbocycles. The summed E-state index contributed by atoms with van der Waals surface area (Å²) in [6, 6.07) is 9.87. The molecule has 1 aromatic rings. The van der Waals surface area contributed by atoms with E-state index in [-0.39, 0.29) is 0 Å². The lowest BCUT2D eigenvalue weighted by molar-refractivity contribution is 0.554. The van der Waals surface area contributed by atoms with Crippen molar-refractivity contribution in [1.29, 1.82) is 0 Å². The number of aryl methyl sites for hydroxylation is 1. The molecule has 0 heterocycles. The van der Waals surface area contributed by atoms with Crippen molar-refractivity contribution in [2.24, 2.45) is 5.92 Å². The van der Waals surface area contributed by atoms with Gasteiger partial charge in [-0.3, -0.25) is 0 Å². The van der Waals surface area contributed by atoms with Crippen molar-refractivity contribution >= 4 is 0 Å². The molecule has 0 unspecified atom stereocenters. The summed E-state index contributed by atoms with van der Waals surface area (Å²) in [5.74, 6) is 1.01. The molecule has 0 aromatic heterocycles. The van der Waals surface area contributed by atoms with Gasteiger partial charge in [0.05, 0.1) is 0 Å². The number of nitrogens with one attached hydrogen (secondary N) is 1. The van der Waals surface area contributed by atoms with Crippen molar-refractivity contribution in [3.63, 3.8) is 0 Å². The van der Waals surface area contributed by atoms with Crippen LogP contribution in [0.4, 0.5) is 0 Å². The maximum Gasteiger partial charge on any atom is 0.0174 e. The van der Waals surface area contributed by atoms with Crippen molar-refractivity contribution in [2.75, 3.05) is 6.54 Å². The number of benzene rings is 1. The van der Waals surface area contributed by atoms with Crippen LogP contribution in [0.15, 0.2) is 24.3 Å². The monoisotopic (exact) mass is 213 g/mol. The van der Waals surface area contributed by atoms with Gasteiger partial charge in [0, 0.05) is 11.5 Å². The first-order valence-corrected chi connectivity index (χ1v) is 6.70. The van der Waals surface area contributed by atoms with E-state index in [1.807, 2.05) is 0 Å². The smallest absolute Gasteiger partial charge is 0.0174 e. The van der Waals surface area contributed by atoms with E-state index in [0.717, 1.165) is 12.0 Å². The van der Waals surface area contributed by atoms with Crippen LogP contribution in [0.25, 0.3) is 0 Å². The zero-order valence-corrected chi connectivity index (χ0v) is 9.71. The molecule has 0 saturated heterocycles. The molecule has 3 aliphatic carbocycles. The maximum absolute atomic E-state index is 3.79. The second-order valence-corrected chi connectivity index (χ2v) is 5.92. The first-order valence-electron chi connectivity index (χ1n) is 6.70. The molecular weight excluding hydrogens is 194 g/mol. The van der Waals surface area contributed by atoms with E-state index in [2.05, 4.69) is 29.6 Å². The molecular formula is C15H19N. The molecule has 1 N–H and O–H groups in total. The average Bonchev–Trinajstić information content (AvgIpc) is 3.18. The third-order valence-corrected chi connectivity index (χ3v) is 4.82. The summed E-state index contributed by atoms with van der Waals surface area (Å²) in [4.78, 5) is 0. The van der Waals surface area contributed by atoms with Gasteiger partial charge in [0.25, 0.3) is 0 Å². The lowest BCUT2D eigenvalue weighted by Gasteiger charge is -2.12. The van der Waals surface area contributed by atoms with E-state index in [1.54, 1.807) is 11.1 Å². The van der Waals surface area contributed by atoms with E-state index in [0.29, 0.717) is 5.41 Å². The van der Waals surface area contributed by atoms with Crippen molar-refractivity contribution in [3.8, 4) is 0 Å². The molecule has 0 bridgehead atoms. The van der Waals surface area contributed by atoms with E-state index in [1.165, 1.54) is 38.6 Å². The van der Waals surface area contributed by atoms with Crippen LogP contribution in [0.1, 0.15) is 36.8 Å². The lowest BCUT2D eigenvalue weighted by atomic mass is 9.97. The highest BCUT2D eigenvalue weighted by Gasteiger charge is 2.57. The van der Waals surface area contributed by atoms with E-state index >= 15 is 0 Å². The van der Waals surface area contributed by atoms with E-state index in [9.17, 15) is 0 Å². The second-order valence-electron chi connectivity index (χ2n) is 5.92. The molecule has 1 nitrogen and oxygen atoms in total. The predicted octanol–water partition coefficient (Wildman–Crippen LogP) is 2.64. The molecule has 1 heteroatoms. The number of fused-ring (bicyclic) bond motifs is 2. The Morgan fingerprint density at radius 1 is 1.25 bits per heavy atom. The molecule has 0 radical (unpaired) electrons. The van der Waals surface area contributed by atoms with E-state index in [4.69, 9.17) is 0 Å². The molecule has 1 spiro atoms. The SMILES string of the molecule is c1ccc2c(c1)CC[C@@]21C[C@H]1NCC1CC1. The second kappa shape index (κ2) is 3.10.